The van der Waals surface area contributed by atoms with E-state index in [9.17, 15) is 22.9 Å². The van der Waals surface area contributed by atoms with Crippen LogP contribution in [0.15, 0.2) is 23.1 Å². The maximum absolute atomic E-state index is 13.5. The number of nitrogens with one attached hydrogen (secondary N) is 1. The topological polar surface area (TPSA) is 108 Å². The molecule has 1 aromatic carbocycles. The van der Waals surface area contributed by atoms with E-state index in [0.29, 0.717) is 0 Å². The van der Waals surface area contributed by atoms with Crippen LogP contribution < -0.4 is 4.72 Å². The van der Waals surface area contributed by atoms with Crippen LogP contribution in [0.4, 0.5) is 10.1 Å². The van der Waals surface area contributed by atoms with Gasteiger partial charge in [-0.25, -0.2) is 13.1 Å². The first kappa shape index (κ1) is 17.4. The van der Waals surface area contributed by atoms with E-state index in [1.807, 2.05) is 0 Å². The second-order valence-corrected chi connectivity index (χ2v) is 5.78. The van der Waals surface area contributed by atoms with Crippen molar-refractivity contribution in [3.8, 4) is 0 Å². The van der Waals surface area contributed by atoms with Gasteiger partial charge in [-0.3, -0.25) is 10.1 Å². The average Bonchev–Trinajstić information content (AvgIpc) is 2.38. The van der Waals surface area contributed by atoms with Crippen LogP contribution >= 0.6 is 0 Å². The number of halogens is 1. The fraction of sp³-hybridized carbons (Fsp3) is 0.455. The van der Waals surface area contributed by atoms with Gasteiger partial charge in [0.25, 0.3) is 0 Å². The highest BCUT2D eigenvalue weighted by atomic mass is 32.2. The molecule has 0 fully saturated rings. The molecule has 0 spiro atoms. The molecule has 0 saturated heterocycles. The van der Waals surface area contributed by atoms with Crippen molar-refractivity contribution in [1.82, 2.24) is 4.72 Å². The Hall–Kier alpha value is -1.62. The number of hydrogen-bond acceptors (Lipinski definition) is 6. The molecule has 21 heavy (non-hydrogen) atoms. The zero-order valence-corrected chi connectivity index (χ0v) is 12.4. The predicted molar refractivity (Wildman–Crippen MR) is 70.6 cm³/mol. The molecule has 0 aliphatic heterocycles. The van der Waals surface area contributed by atoms with Crippen molar-refractivity contribution in [3.63, 3.8) is 0 Å². The average molecular weight is 322 g/mol. The third-order valence-corrected chi connectivity index (χ3v) is 4.23. The van der Waals surface area contributed by atoms with Gasteiger partial charge in [-0.1, -0.05) is 6.07 Å². The second-order valence-electron chi connectivity index (χ2n) is 4.09. The molecule has 1 N–H and O–H groups in total. The molecule has 0 heterocycles. The summed E-state index contributed by atoms with van der Waals surface area (Å²) < 4.78 is 49.7. The van der Waals surface area contributed by atoms with Crippen molar-refractivity contribution < 1.29 is 27.2 Å². The fourth-order valence-electron chi connectivity index (χ4n) is 1.76. The Labute approximate surface area is 121 Å². The van der Waals surface area contributed by atoms with Crippen molar-refractivity contribution >= 4 is 15.7 Å². The summed E-state index contributed by atoms with van der Waals surface area (Å²) in [6.45, 7) is 1.44. The Morgan fingerprint density at radius 1 is 1.33 bits per heavy atom. The molecule has 0 radical (unpaired) electrons. The van der Waals surface area contributed by atoms with Crippen molar-refractivity contribution in [3.05, 3.63) is 34.1 Å². The molecule has 0 aromatic heterocycles. The maximum Gasteiger partial charge on any atom is 0.324 e. The first-order chi connectivity index (χ1) is 9.74. The number of methoxy groups -OCH3 is 2. The molecule has 1 atom stereocenters. The molecule has 10 heteroatoms. The summed E-state index contributed by atoms with van der Waals surface area (Å²) in [5, 5.41) is 10.8. The molecule has 1 rings (SSSR count). The van der Waals surface area contributed by atoms with E-state index >= 15 is 0 Å². The molecule has 118 valence electrons. The lowest BCUT2D eigenvalue weighted by Crippen LogP contribution is -2.43. The molecule has 1 aromatic rings. The molecule has 0 amide bonds. The minimum absolute atomic E-state index is 0.759. The van der Waals surface area contributed by atoms with Crippen molar-refractivity contribution in [1.29, 1.82) is 0 Å². The molecule has 0 saturated carbocycles. The SMILES string of the molecule is COC(OC)C(C)NS(=O)(=O)c1cccc(F)c1[N+](=O)[O-]. The molecule has 1 unspecified atom stereocenters. The third kappa shape index (κ3) is 3.94. The monoisotopic (exact) mass is 322 g/mol. The van der Waals surface area contributed by atoms with Crippen LogP contribution in [0.1, 0.15) is 6.92 Å². The molecule has 0 bridgehead atoms. The van der Waals surface area contributed by atoms with Crippen LogP contribution in [0, 0.1) is 15.9 Å². The number of sulfonamides is 1. The summed E-state index contributed by atoms with van der Waals surface area (Å²) >= 11 is 0. The number of ether oxygens (including phenoxy) is 2. The molecular weight excluding hydrogens is 307 g/mol. The maximum atomic E-state index is 13.5. The Balaban J connectivity index is 3.21. The van der Waals surface area contributed by atoms with Gasteiger partial charge >= 0.3 is 5.69 Å². The first-order valence-electron chi connectivity index (χ1n) is 5.75. The Morgan fingerprint density at radius 3 is 2.38 bits per heavy atom. The number of nitro groups is 1. The van der Waals surface area contributed by atoms with E-state index in [0.717, 1.165) is 18.2 Å². The summed E-state index contributed by atoms with van der Waals surface area (Å²) in [5.41, 5.74) is -1.11. The van der Waals surface area contributed by atoms with Gasteiger partial charge < -0.3 is 9.47 Å². The fourth-order valence-corrected chi connectivity index (χ4v) is 3.17. The Bertz CT molecular complexity index is 617. The number of hydrogen-bond donors (Lipinski definition) is 1. The lowest BCUT2D eigenvalue weighted by atomic mass is 10.3. The van der Waals surface area contributed by atoms with Crippen LogP contribution in [-0.2, 0) is 19.5 Å². The summed E-state index contributed by atoms with van der Waals surface area (Å²) in [4.78, 5) is 9.00. The Morgan fingerprint density at radius 2 is 1.90 bits per heavy atom. The summed E-state index contributed by atoms with van der Waals surface area (Å²) in [7, 11) is -1.70. The summed E-state index contributed by atoms with van der Waals surface area (Å²) in [6.07, 6.45) is -0.896. The van der Waals surface area contributed by atoms with Gasteiger partial charge in [0, 0.05) is 14.2 Å². The van der Waals surface area contributed by atoms with Crippen LogP contribution in [0.2, 0.25) is 0 Å². The number of nitro benzene ring substituents is 1. The van der Waals surface area contributed by atoms with Gasteiger partial charge in [-0.2, -0.15) is 4.39 Å². The Kier molecular flexibility index (Phi) is 5.72. The highest BCUT2D eigenvalue weighted by Crippen LogP contribution is 2.26. The number of para-hydroxylation sites is 1. The van der Waals surface area contributed by atoms with E-state index < -0.39 is 43.7 Å². The van der Waals surface area contributed by atoms with E-state index in [1.54, 1.807) is 0 Å². The van der Waals surface area contributed by atoms with Crippen molar-refractivity contribution in [2.24, 2.45) is 0 Å². The van der Waals surface area contributed by atoms with Gasteiger partial charge in [0.05, 0.1) is 11.0 Å². The highest BCUT2D eigenvalue weighted by Gasteiger charge is 2.32. The lowest BCUT2D eigenvalue weighted by molar-refractivity contribution is -0.390. The predicted octanol–water partition coefficient (Wildman–Crippen LogP) is 1.02. The highest BCUT2D eigenvalue weighted by molar-refractivity contribution is 7.89. The summed E-state index contributed by atoms with van der Waals surface area (Å²) in [5.74, 6) is -1.23. The van der Waals surface area contributed by atoms with Crippen molar-refractivity contribution in [2.75, 3.05) is 14.2 Å². The lowest BCUT2D eigenvalue weighted by Gasteiger charge is -2.21. The standard InChI is InChI=1S/C11H15FN2O6S/c1-7(11(19-2)20-3)13-21(17,18)9-6-4-5-8(12)10(9)14(15)16/h4-7,11,13H,1-3H3. The largest absolute Gasteiger partial charge is 0.354 e. The second kappa shape index (κ2) is 6.89. The quantitative estimate of drug-likeness (QED) is 0.456. The van der Waals surface area contributed by atoms with E-state index in [4.69, 9.17) is 9.47 Å². The number of benzene rings is 1. The minimum Gasteiger partial charge on any atom is -0.354 e. The van der Waals surface area contributed by atoms with E-state index in [2.05, 4.69) is 4.72 Å². The minimum atomic E-state index is -4.31. The van der Waals surface area contributed by atoms with Gasteiger partial charge in [-0.05, 0) is 19.1 Å². The van der Waals surface area contributed by atoms with Gasteiger partial charge in [0.15, 0.2) is 11.2 Å². The zero-order chi connectivity index (χ0) is 16.2. The normalized spacial score (nSPS) is 13.4. The van der Waals surface area contributed by atoms with Crippen molar-refractivity contribution in [2.45, 2.75) is 24.2 Å². The molecule has 8 nitrogen and oxygen atoms in total. The van der Waals surface area contributed by atoms with Crippen LogP contribution in [-0.4, -0.2) is 39.9 Å². The van der Waals surface area contributed by atoms with Gasteiger partial charge in [0.1, 0.15) is 0 Å². The van der Waals surface area contributed by atoms with E-state index in [-0.39, 0.29) is 0 Å². The zero-order valence-electron chi connectivity index (χ0n) is 11.6. The van der Waals surface area contributed by atoms with Crippen LogP contribution in [0.5, 0.6) is 0 Å². The molecular formula is C11H15FN2O6S. The molecule has 0 aliphatic rings. The third-order valence-electron chi connectivity index (χ3n) is 2.64. The smallest absolute Gasteiger partial charge is 0.324 e. The van der Waals surface area contributed by atoms with E-state index in [1.165, 1.54) is 21.1 Å². The van der Waals surface area contributed by atoms with Gasteiger partial charge in [0.2, 0.25) is 15.8 Å². The first-order valence-corrected chi connectivity index (χ1v) is 7.23. The number of nitrogens with zero attached hydrogens (tertiary/aromatic N) is 1. The van der Waals surface area contributed by atoms with Gasteiger partial charge in [-0.15, -0.1) is 0 Å². The molecule has 0 aliphatic carbocycles. The van der Waals surface area contributed by atoms with Crippen LogP contribution in [0.3, 0.4) is 0 Å². The summed E-state index contributed by atoms with van der Waals surface area (Å²) in [6, 6.07) is 2.00. The van der Waals surface area contributed by atoms with Crippen LogP contribution in [0.25, 0.3) is 0 Å². The number of rotatable bonds is 7.